The maximum atomic E-state index is 10.9. The van der Waals surface area contributed by atoms with Gasteiger partial charge in [-0.1, -0.05) is 12.5 Å². The number of hydrogen-bond donors (Lipinski definition) is 2. The molecule has 4 nitrogen and oxygen atoms in total. The van der Waals surface area contributed by atoms with Crippen LogP contribution in [0.1, 0.15) is 29.6 Å². The summed E-state index contributed by atoms with van der Waals surface area (Å²) in [5, 5.41) is 13.2. The second-order valence-electron chi connectivity index (χ2n) is 4.95. The van der Waals surface area contributed by atoms with Crippen LogP contribution in [0.5, 0.6) is 5.75 Å². The standard InChI is InChI=1S/C15H21NO3S/c1-20-14-7-3-6-13(14)16-8-9-19-12-5-2-4-11(10-12)15(17)18/h2,4-5,10,13-14,16H,3,6-9H2,1H3,(H,17,18). The summed E-state index contributed by atoms with van der Waals surface area (Å²) in [6.45, 7) is 1.35. The number of aromatic carboxylic acids is 1. The fourth-order valence-electron chi connectivity index (χ4n) is 2.57. The lowest BCUT2D eigenvalue weighted by atomic mass is 10.2. The average Bonchev–Trinajstić information content (AvgIpc) is 2.91. The number of carboxylic acids is 1. The number of carboxylic acid groups (broad SMARTS) is 1. The largest absolute Gasteiger partial charge is 0.492 e. The van der Waals surface area contributed by atoms with Gasteiger partial charge in [0.1, 0.15) is 12.4 Å². The SMILES string of the molecule is CSC1CCCC1NCCOc1cccc(C(=O)O)c1. The topological polar surface area (TPSA) is 58.6 Å². The molecule has 0 aliphatic heterocycles. The van der Waals surface area contributed by atoms with E-state index in [1.807, 2.05) is 11.8 Å². The van der Waals surface area contributed by atoms with Crippen LogP contribution in [0.3, 0.4) is 0 Å². The van der Waals surface area contributed by atoms with Gasteiger partial charge < -0.3 is 15.2 Å². The number of thioether (sulfide) groups is 1. The van der Waals surface area contributed by atoms with Crippen molar-refractivity contribution in [3.8, 4) is 5.75 Å². The summed E-state index contributed by atoms with van der Waals surface area (Å²) in [5.74, 6) is -0.318. The molecule has 110 valence electrons. The zero-order chi connectivity index (χ0) is 14.4. The van der Waals surface area contributed by atoms with Gasteiger partial charge in [0.25, 0.3) is 0 Å². The van der Waals surface area contributed by atoms with Gasteiger partial charge in [0, 0.05) is 17.8 Å². The van der Waals surface area contributed by atoms with Gasteiger partial charge in [0.05, 0.1) is 5.56 Å². The number of carbonyl (C=O) groups is 1. The van der Waals surface area contributed by atoms with E-state index in [-0.39, 0.29) is 5.56 Å². The molecule has 0 heterocycles. The summed E-state index contributed by atoms with van der Waals surface area (Å²) in [5.41, 5.74) is 0.258. The second kappa shape index (κ2) is 7.55. The number of rotatable bonds is 7. The molecule has 2 atom stereocenters. The summed E-state index contributed by atoms with van der Waals surface area (Å²) in [6, 6.07) is 7.19. The van der Waals surface area contributed by atoms with Gasteiger partial charge in [-0.25, -0.2) is 4.79 Å². The van der Waals surface area contributed by atoms with E-state index in [2.05, 4.69) is 11.6 Å². The van der Waals surface area contributed by atoms with E-state index in [0.29, 0.717) is 23.6 Å². The number of hydrogen-bond acceptors (Lipinski definition) is 4. The number of ether oxygens (including phenoxy) is 1. The van der Waals surface area contributed by atoms with Crippen LogP contribution in [-0.4, -0.2) is 41.8 Å². The van der Waals surface area contributed by atoms with E-state index >= 15 is 0 Å². The van der Waals surface area contributed by atoms with E-state index < -0.39 is 5.97 Å². The monoisotopic (exact) mass is 295 g/mol. The van der Waals surface area contributed by atoms with Crippen LogP contribution in [0.2, 0.25) is 0 Å². The first-order chi connectivity index (χ1) is 9.70. The second-order valence-corrected chi connectivity index (χ2v) is 6.02. The van der Waals surface area contributed by atoms with Crippen molar-refractivity contribution in [3.05, 3.63) is 29.8 Å². The lowest BCUT2D eigenvalue weighted by Crippen LogP contribution is -2.36. The molecule has 2 unspecified atom stereocenters. The lowest BCUT2D eigenvalue weighted by molar-refractivity contribution is 0.0696. The Kier molecular flexibility index (Phi) is 5.73. The Morgan fingerprint density at radius 3 is 3.10 bits per heavy atom. The van der Waals surface area contributed by atoms with E-state index in [9.17, 15) is 4.79 Å². The molecule has 2 rings (SSSR count). The molecule has 0 spiro atoms. The molecule has 0 aromatic heterocycles. The normalized spacial score (nSPS) is 21.9. The van der Waals surface area contributed by atoms with Crippen molar-refractivity contribution in [1.82, 2.24) is 5.32 Å². The van der Waals surface area contributed by atoms with Crippen molar-refractivity contribution in [3.63, 3.8) is 0 Å². The molecular weight excluding hydrogens is 274 g/mol. The molecule has 1 aromatic carbocycles. The molecule has 1 saturated carbocycles. The molecule has 0 saturated heterocycles. The summed E-state index contributed by atoms with van der Waals surface area (Å²) in [7, 11) is 0. The van der Waals surface area contributed by atoms with Gasteiger partial charge >= 0.3 is 5.97 Å². The molecule has 1 aliphatic carbocycles. The van der Waals surface area contributed by atoms with Gasteiger partial charge in [-0.05, 0) is 37.3 Å². The molecule has 1 aliphatic rings. The van der Waals surface area contributed by atoms with Crippen molar-refractivity contribution in [2.75, 3.05) is 19.4 Å². The van der Waals surface area contributed by atoms with Crippen molar-refractivity contribution in [2.24, 2.45) is 0 Å². The summed E-state index contributed by atoms with van der Waals surface area (Å²) in [6.07, 6.45) is 5.99. The van der Waals surface area contributed by atoms with Crippen molar-refractivity contribution in [1.29, 1.82) is 0 Å². The zero-order valence-electron chi connectivity index (χ0n) is 11.7. The molecule has 20 heavy (non-hydrogen) atoms. The quantitative estimate of drug-likeness (QED) is 0.757. The third-order valence-corrected chi connectivity index (χ3v) is 4.78. The van der Waals surface area contributed by atoms with E-state index in [1.165, 1.54) is 19.3 Å². The highest BCUT2D eigenvalue weighted by atomic mass is 32.2. The minimum atomic E-state index is -0.928. The van der Waals surface area contributed by atoms with Gasteiger partial charge in [-0.2, -0.15) is 11.8 Å². The fraction of sp³-hybridized carbons (Fsp3) is 0.533. The van der Waals surface area contributed by atoms with Gasteiger partial charge in [-0.3, -0.25) is 0 Å². The van der Waals surface area contributed by atoms with Crippen LogP contribution in [0.4, 0.5) is 0 Å². The van der Waals surface area contributed by atoms with Gasteiger partial charge in [0.2, 0.25) is 0 Å². The Labute approximate surface area is 123 Å². The Morgan fingerprint density at radius 1 is 1.50 bits per heavy atom. The third-order valence-electron chi connectivity index (χ3n) is 3.61. The van der Waals surface area contributed by atoms with Crippen LogP contribution in [0.15, 0.2) is 24.3 Å². The molecule has 0 bridgehead atoms. The van der Waals surface area contributed by atoms with Crippen LogP contribution in [0, 0.1) is 0 Å². The molecule has 5 heteroatoms. The number of benzene rings is 1. The van der Waals surface area contributed by atoms with Crippen molar-refractivity contribution in [2.45, 2.75) is 30.6 Å². The van der Waals surface area contributed by atoms with Crippen LogP contribution in [0.25, 0.3) is 0 Å². The van der Waals surface area contributed by atoms with Crippen LogP contribution >= 0.6 is 11.8 Å². The minimum Gasteiger partial charge on any atom is -0.492 e. The first kappa shape index (κ1) is 15.2. The summed E-state index contributed by atoms with van der Waals surface area (Å²) < 4.78 is 5.59. The van der Waals surface area contributed by atoms with Gasteiger partial charge in [0.15, 0.2) is 0 Å². The Bertz CT molecular complexity index is 452. The predicted octanol–water partition coefficient (Wildman–Crippen LogP) is 2.64. The molecule has 1 aromatic rings. The van der Waals surface area contributed by atoms with Crippen LogP contribution in [-0.2, 0) is 0 Å². The Hall–Kier alpha value is -1.20. The average molecular weight is 295 g/mol. The third kappa shape index (κ3) is 4.15. The molecule has 0 amide bonds. The van der Waals surface area contributed by atoms with Gasteiger partial charge in [-0.15, -0.1) is 0 Å². The fourth-order valence-corrected chi connectivity index (χ4v) is 3.54. The Balaban J connectivity index is 1.73. The molecule has 2 N–H and O–H groups in total. The summed E-state index contributed by atoms with van der Waals surface area (Å²) >= 11 is 1.93. The molecular formula is C15H21NO3S. The predicted molar refractivity (Wildman–Crippen MR) is 81.8 cm³/mol. The molecule has 0 radical (unpaired) electrons. The van der Waals surface area contributed by atoms with E-state index in [0.717, 1.165) is 6.54 Å². The van der Waals surface area contributed by atoms with Crippen molar-refractivity contribution < 1.29 is 14.6 Å². The highest BCUT2D eigenvalue weighted by Gasteiger charge is 2.25. The number of nitrogens with one attached hydrogen (secondary N) is 1. The Morgan fingerprint density at radius 2 is 2.35 bits per heavy atom. The van der Waals surface area contributed by atoms with E-state index in [4.69, 9.17) is 9.84 Å². The maximum Gasteiger partial charge on any atom is 0.335 e. The first-order valence-electron chi connectivity index (χ1n) is 6.93. The van der Waals surface area contributed by atoms with Crippen molar-refractivity contribution >= 4 is 17.7 Å². The van der Waals surface area contributed by atoms with E-state index in [1.54, 1.807) is 24.3 Å². The first-order valence-corrected chi connectivity index (χ1v) is 8.22. The van der Waals surface area contributed by atoms with Crippen LogP contribution < -0.4 is 10.1 Å². The highest BCUT2D eigenvalue weighted by molar-refractivity contribution is 7.99. The highest BCUT2D eigenvalue weighted by Crippen LogP contribution is 2.28. The smallest absolute Gasteiger partial charge is 0.335 e. The lowest BCUT2D eigenvalue weighted by Gasteiger charge is -2.19. The minimum absolute atomic E-state index is 0.258. The summed E-state index contributed by atoms with van der Waals surface area (Å²) in [4.78, 5) is 10.9. The zero-order valence-corrected chi connectivity index (χ0v) is 12.5. The maximum absolute atomic E-state index is 10.9. The molecule has 1 fully saturated rings.